The molecule has 0 bridgehead atoms. The summed E-state index contributed by atoms with van der Waals surface area (Å²) >= 11 is 1.41. The SMILES string of the molecule is CO[C@@H]1CC(NC(=O)c2ncc(C)s2)C[C@@H](n2c(CC(C)C)nc3cnc(-c4ncc(C)o4)cc32)C1. The fraction of sp³-hybridized carbons (Fsp3) is 0.500. The summed E-state index contributed by atoms with van der Waals surface area (Å²) in [6.45, 7) is 8.21. The number of methoxy groups -OCH3 is 1. The second-order valence-electron chi connectivity index (χ2n) is 10.00. The van der Waals surface area contributed by atoms with E-state index in [1.165, 1.54) is 11.3 Å². The molecule has 1 N–H and O–H groups in total. The standard InChI is InChI=1S/C26H32N6O3S/c1-14(2)6-23-31-21-13-27-20(25-28-11-15(3)35-25)10-22(21)32(23)18-7-17(8-19(9-18)34-5)30-24(33)26-29-12-16(4)36-26/h10-14,17-19H,6-9H2,1-5H3,(H,30,33)/t17?,18-,19-/m1/s1. The van der Waals surface area contributed by atoms with Crippen molar-refractivity contribution >= 4 is 28.3 Å². The molecule has 3 atom stereocenters. The molecule has 190 valence electrons. The highest BCUT2D eigenvalue weighted by molar-refractivity contribution is 7.13. The summed E-state index contributed by atoms with van der Waals surface area (Å²) in [6, 6.07) is 2.08. The van der Waals surface area contributed by atoms with E-state index in [-0.39, 0.29) is 24.1 Å². The Kier molecular flexibility index (Phi) is 6.90. The number of ether oxygens (including phenoxy) is 1. The number of carbonyl (C=O) groups excluding carboxylic acids is 1. The Morgan fingerprint density at radius 1 is 1.19 bits per heavy atom. The summed E-state index contributed by atoms with van der Waals surface area (Å²) in [7, 11) is 1.74. The van der Waals surface area contributed by atoms with Gasteiger partial charge in [0.1, 0.15) is 22.8 Å². The van der Waals surface area contributed by atoms with E-state index in [4.69, 9.17) is 14.1 Å². The van der Waals surface area contributed by atoms with Crippen LogP contribution in [-0.2, 0) is 11.2 Å². The second-order valence-corrected chi connectivity index (χ2v) is 11.2. The molecule has 10 heteroatoms. The molecule has 0 radical (unpaired) electrons. The van der Waals surface area contributed by atoms with Crippen LogP contribution in [0.15, 0.2) is 29.1 Å². The zero-order valence-corrected chi connectivity index (χ0v) is 22.1. The largest absolute Gasteiger partial charge is 0.440 e. The van der Waals surface area contributed by atoms with Crippen molar-refractivity contribution in [3.8, 4) is 11.6 Å². The maximum absolute atomic E-state index is 12.9. The van der Waals surface area contributed by atoms with Gasteiger partial charge in [-0.2, -0.15) is 0 Å². The van der Waals surface area contributed by atoms with Gasteiger partial charge in [-0.05, 0) is 45.1 Å². The summed E-state index contributed by atoms with van der Waals surface area (Å²) in [5.41, 5.74) is 2.51. The van der Waals surface area contributed by atoms with Crippen LogP contribution in [-0.4, -0.2) is 49.7 Å². The van der Waals surface area contributed by atoms with E-state index in [2.05, 4.69) is 38.7 Å². The van der Waals surface area contributed by atoms with Gasteiger partial charge in [0.2, 0.25) is 5.89 Å². The Labute approximate surface area is 214 Å². The Hall–Kier alpha value is -3.11. The Morgan fingerprint density at radius 2 is 2.03 bits per heavy atom. The monoisotopic (exact) mass is 508 g/mol. The van der Waals surface area contributed by atoms with Gasteiger partial charge in [0.05, 0.1) is 24.0 Å². The van der Waals surface area contributed by atoms with Crippen LogP contribution in [0.3, 0.4) is 0 Å². The molecule has 1 fully saturated rings. The maximum atomic E-state index is 12.9. The van der Waals surface area contributed by atoms with Crippen LogP contribution in [0.1, 0.15) is 65.4 Å². The van der Waals surface area contributed by atoms with Crippen molar-refractivity contribution in [2.45, 2.75) is 71.6 Å². The fourth-order valence-corrected chi connectivity index (χ4v) is 5.69. The number of hydrogen-bond donors (Lipinski definition) is 1. The topological polar surface area (TPSA) is 108 Å². The van der Waals surface area contributed by atoms with Crippen LogP contribution in [0.2, 0.25) is 0 Å². The number of thiazole rings is 1. The van der Waals surface area contributed by atoms with Crippen LogP contribution in [0, 0.1) is 19.8 Å². The van der Waals surface area contributed by atoms with Crippen LogP contribution in [0.25, 0.3) is 22.6 Å². The lowest BCUT2D eigenvalue weighted by molar-refractivity contribution is 0.0390. The smallest absolute Gasteiger partial charge is 0.280 e. The van der Waals surface area contributed by atoms with Crippen LogP contribution >= 0.6 is 11.3 Å². The van der Waals surface area contributed by atoms with Gasteiger partial charge in [-0.1, -0.05) is 13.8 Å². The molecule has 0 spiro atoms. The number of hydrogen-bond acceptors (Lipinski definition) is 8. The molecule has 4 aromatic rings. The molecule has 0 aliphatic heterocycles. The minimum Gasteiger partial charge on any atom is -0.440 e. The predicted octanol–water partition coefficient (Wildman–Crippen LogP) is 4.90. The van der Waals surface area contributed by atoms with Gasteiger partial charge in [0.25, 0.3) is 5.91 Å². The second kappa shape index (κ2) is 10.1. The molecule has 4 heterocycles. The normalized spacial score (nSPS) is 20.3. The number of aryl methyl sites for hydroxylation is 2. The number of oxazole rings is 1. The van der Waals surface area contributed by atoms with E-state index >= 15 is 0 Å². The average molecular weight is 509 g/mol. The lowest BCUT2D eigenvalue weighted by Gasteiger charge is -2.36. The highest BCUT2D eigenvalue weighted by Crippen LogP contribution is 2.36. The van der Waals surface area contributed by atoms with Crippen molar-refractivity contribution < 1.29 is 13.9 Å². The van der Waals surface area contributed by atoms with Crippen LogP contribution in [0.5, 0.6) is 0 Å². The number of pyridine rings is 1. The van der Waals surface area contributed by atoms with E-state index in [1.54, 1.807) is 25.7 Å². The number of fused-ring (bicyclic) bond motifs is 1. The Balaban J connectivity index is 1.51. The number of rotatable bonds is 7. The molecule has 9 nitrogen and oxygen atoms in total. The minimum absolute atomic E-state index is 0.0205. The summed E-state index contributed by atoms with van der Waals surface area (Å²) in [5, 5.41) is 3.71. The fourth-order valence-electron chi connectivity index (χ4n) is 5.02. The third-order valence-electron chi connectivity index (χ3n) is 6.57. The van der Waals surface area contributed by atoms with Gasteiger partial charge in [-0.3, -0.25) is 4.79 Å². The summed E-state index contributed by atoms with van der Waals surface area (Å²) < 4.78 is 13.9. The molecule has 5 rings (SSSR count). The number of imidazole rings is 1. The van der Waals surface area contributed by atoms with Crippen molar-refractivity contribution in [3.05, 3.63) is 46.1 Å². The molecule has 1 aliphatic carbocycles. The molecule has 4 aromatic heterocycles. The van der Waals surface area contributed by atoms with Crippen molar-refractivity contribution in [2.24, 2.45) is 5.92 Å². The molecule has 0 saturated heterocycles. The van der Waals surface area contributed by atoms with Crippen molar-refractivity contribution in [2.75, 3.05) is 7.11 Å². The molecular formula is C26H32N6O3S. The minimum atomic E-state index is -0.128. The third-order valence-corrected chi connectivity index (χ3v) is 7.48. The quantitative estimate of drug-likeness (QED) is 0.378. The Bertz CT molecular complexity index is 1370. The first-order valence-corrected chi connectivity index (χ1v) is 13.2. The summed E-state index contributed by atoms with van der Waals surface area (Å²) in [6.07, 6.45) is 8.47. The van der Waals surface area contributed by atoms with Crippen molar-refractivity contribution in [1.29, 1.82) is 0 Å². The van der Waals surface area contributed by atoms with Gasteiger partial charge in [0, 0.05) is 36.7 Å². The van der Waals surface area contributed by atoms with Crippen LogP contribution < -0.4 is 5.32 Å². The first kappa shape index (κ1) is 24.6. The zero-order chi connectivity index (χ0) is 25.4. The van der Waals surface area contributed by atoms with Gasteiger partial charge >= 0.3 is 0 Å². The molecule has 36 heavy (non-hydrogen) atoms. The maximum Gasteiger partial charge on any atom is 0.280 e. The lowest BCUT2D eigenvalue weighted by Crippen LogP contribution is -2.43. The predicted molar refractivity (Wildman–Crippen MR) is 138 cm³/mol. The van der Waals surface area contributed by atoms with Gasteiger partial charge in [-0.25, -0.2) is 19.9 Å². The number of amides is 1. The van der Waals surface area contributed by atoms with Crippen LogP contribution in [0.4, 0.5) is 0 Å². The zero-order valence-electron chi connectivity index (χ0n) is 21.3. The molecule has 1 saturated carbocycles. The first-order chi connectivity index (χ1) is 17.3. The van der Waals surface area contributed by atoms with Gasteiger partial charge < -0.3 is 19.0 Å². The molecule has 1 aliphatic rings. The molecule has 0 aromatic carbocycles. The van der Waals surface area contributed by atoms with Crippen molar-refractivity contribution in [3.63, 3.8) is 0 Å². The van der Waals surface area contributed by atoms with E-state index in [0.29, 0.717) is 22.5 Å². The van der Waals surface area contributed by atoms with E-state index in [1.807, 2.05) is 19.9 Å². The van der Waals surface area contributed by atoms with E-state index < -0.39 is 0 Å². The lowest BCUT2D eigenvalue weighted by atomic mass is 9.88. The number of aromatic nitrogens is 5. The molecule has 1 amide bonds. The number of nitrogens with zero attached hydrogens (tertiary/aromatic N) is 5. The third kappa shape index (κ3) is 5.05. The number of nitrogens with one attached hydrogen (secondary N) is 1. The average Bonchev–Trinajstić information content (AvgIpc) is 3.56. The molecular weight excluding hydrogens is 476 g/mol. The van der Waals surface area contributed by atoms with Gasteiger partial charge in [-0.15, -0.1) is 11.3 Å². The van der Waals surface area contributed by atoms with E-state index in [0.717, 1.165) is 53.2 Å². The first-order valence-electron chi connectivity index (χ1n) is 12.4. The highest BCUT2D eigenvalue weighted by Gasteiger charge is 2.33. The Morgan fingerprint density at radius 3 is 2.69 bits per heavy atom. The number of carbonyl (C=O) groups is 1. The highest BCUT2D eigenvalue weighted by atomic mass is 32.1. The molecule has 1 unspecified atom stereocenters. The summed E-state index contributed by atoms with van der Waals surface area (Å²) in [5.74, 6) is 2.56. The summed E-state index contributed by atoms with van der Waals surface area (Å²) in [4.78, 5) is 32.1. The van der Waals surface area contributed by atoms with Crippen molar-refractivity contribution in [1.82, 2.24) is 29.8 Å². The van der Waals surface area contributed by atoms with Gasteiger partial charge in [0.15, 0.2) is 5.01 Å². The van der Waals surface area contributed by atoms with E-state index in [9.17, 15) is 4.79 Å².